The Morgan fingerprint density at radius 3 is 2.60 bits per heavy atom. The minimum Gasteiger partial charge on any atom is -0.481 e. The smallest absolute Gasteiger partial charge is 0.308 e. The van der Waals surface area contributed by atoms with Gasteiger partial charge >= 0.3 is 5.97 Å². The molecule has 0 aliphatic rings. The fourth-order valence-electron chi connectivity index (χ4n) is 1.51. The largest absolute Gasteiger partial charge is 0.481 e. The molecule has 0 heterocycles. The summed E-state index contributed by atoms with van der Waals surface area (Å²) in [5, 5.41) is 11.7. The van der Waals surface area contributed by atoms with Crippen molar-refractivity contribution in [1.82, 2.24) is 4.72 Å². The van der Waals surface area contributed by atoms with Gasteiger partial charge in [0.25, 0.3) is 0 Å². The van der Waals surface area contributed by atoms with E-state index in [4.69, 9.17) is 5.11 Å². The third-order valence-electron chi connectivity index (χ3n) is 2.74. The highest BCUT2D eigenvalue weighted by molar-refractivity contribution is 7.89. The lowest BCUT2D eigenvalue weighted by atomic mass is 10.2. The molecule has 0 aliphatic carbocycles. The van der Waals surface area contributed by atoms with Crippen molar-refractivity contribution < 1.29 is 18.3 Å². The summed E-state index contributed by atoms with van der Waals surface area (Å²) in [7, 11) is -3.58. The van der Waals surface area contributed by atoms with Crippen LogP contribution in [0.25, 0.3) is 0 Å². The average molecular weight is 300 g/mol. The molecule has 0 spiro atoms. The Labute approximate surface area is 119 Å². The van der Waals surface area contributed by atoms with E-state index in [9.17, 15) is 13.2 Å². The van der Waals surface area contributed by atoms with Gasteiger partial charge in [-0.2, -0.15) is 0 Å². The van der Waals surface area contributed by atoms with Crippen LogP contribution in [-0.4, -0.2) is 32.6 Å². The summed E-state index contributed by atoms with van der Waals surface area (Å²) in [5.74, 6) is -1.53. The van der Waals surface area contributed by atoms with Gasteiger partial charge in [0.1, 0.15) is 4.90 Å². The Morgan fingerprint density at radius 2 is 2.00 bits per heavy atom. The van der Waals surface area contributed by atoms with E-state index in [1.807, 2.05) is 6.92 Å². The molecule has 0 radical (unpaired) electrons. The van der Waals surface area contributed by atoms with Gasteiger partial charge in [-0.25, -0.2) is 13.1 Å². The molecule has 6 nitrogen and oxygen atoms in total. The second-order valence-electron chi connectivity index (χ2n) is 4.51. The van der Waals surface area contributed by atoms with Crippen LogP contribution >= 0.6 is 0 Å². The predicted octanol–water partition coefficient (Wildman–Crippen LogP) is 1.51. The summed E-state index contributed by atoms with van der Waals surface area (Å²) >= 11 is 0. The number of carboxylic acid groups (broad SMARTS) is 1. The lowest BCUT2D eigenvalue weighted by molar-refractivity contribution is -0.140. The number of hydrogen-bond acceptors (Lipinski definition) is 4. The fourth-order valence-corrected chi connectivity index (χ4v) is 2.83. The highest BCUT2D eigenvalue weighted by Crippen LogP contribution is 2.20. The van der Waals surface area contributed by atoms with Gasteiger partial charge in [0.15, 0.2) is 0 Å². The van der Waals surface area contributed by atoms with Crippen molar-refractivity contribution in [2.75, 3.05) is 18.4 Å². The Morgan fingerprint density at radius 1 is 1.35 bits per heavy atom. The molecule has 7 heteroatoms. The summed E-state index contributed by atoms with van der Waals surface area (Å²) in [6, 6.07) is 6.44. The standard InChI is InChI=1S/C13H20N2O4S/c1-3-8-15-20(18,19)12-7-5-4-6-11(12)14-9-10(2)13(16)17/h4-7,10,14-15H,3,8-9H2,1-2H3,(H,16,17). The zero-order valence-electron chi connectivity index (χ0n) is 11.6. The molecule has 1 aromatic rings. The number of sulfonamides is 1. The average Bonchev–Trinajstić information content (AvgIpc) is 2.42. The minimum absolute atomic E-state index is 0.131. The van der Waals surface area contributed by atoms with Crippen molar-refractivity contribution >= 4 is 21.7 Å². The fraction of sp³-hybridized carbons (Fsp3) is 0.462. The maximum absolute atomic E-state index is 12.1. The van der Waals surface area contributed by atoms with Crippen LogP contribution in [0.15, 0.2) is 29.2 Å². The number of nitrogens with one attached hydrogen (secondary N) is 2. The van der Waals surface area contributed by atoms with Crippen molar-refractivity contribution in [3.05, 3.63) is 24.3 Å². The second-order valence-corrected chi connectivity index (χ2v) is 6.25. The number of aliphatic carboxylic acids is 1. The molecule has 0 saturated heterocycles. The van der Waals surface area contributed by atoms with E-state index in [1.165, 1.54) is 6.07 Å². The topological polar surface area (TPSA) is 95.5 Å². The van der Waals surface area contributed by atoms with E-state index in [0.29, 0.717) is 18.7 Å². The molecule has 1 atom stereocenters. The van der Waals surface area contributed by atoms with Crippen molar-refractivity contribution in [1.29, 1.82) is 0 Å². The first-order valence-corrected chi connectivity index (χ1v) is 7.92. The molecule has 0 saturated carbocycles. The molecule has 0 aromatic heterocycles. The molecule has 1 unspecified atom stereocenters. The highest BCUT2D eigenvalue weighted by Gasteiger charge is 2.18. The number of anilines is 1. The zero-order valence-corrected chi connectivity index (χ0v) is 12.4. The molecule has 0 bridgehead atoms. The van der Waals surface area contributed by atoms with E-state index in [2.05, 4.69) is 10.0 Å². The van der Waals surface area contributed by atoms with E-state index >= 15 is 0 Å². The normalized spacial score (nSPS) is 12.9. The molecular weight excluding hydrogens is 280 g/mol. The maximum atomic E-state index is 12.1. The Hall–Kier alpha value is -1.60. The summed E-state index contributed by atoms with van der Waals surface area (Å²) < 4.78 is 26.7. The molecule has 1 aromatic carbocycles. The predicted molar refractivity (Wildman–Crippen MR) is 77.2 cm³/mol. The van der Waals surface area contributed by atoms with Gasteiger partial charge in [-0.1, -0.05) is 26.0 Å². The van der Waals surface area contributed by atoms with Crippen LogP contribution < -0.4 is 10.0 Å². The number of carboxylic acids is 1. The lowest BCUT2D eigenvalue weighted by Gasteiger charge is -2.14. The van der Waals surface area contributed by atoms with Crippen LogP contribution in [0.5, 0.6) is 0 Å². The molecule has 1 rings (SSSR count). The minimum atomic E-state index is -3.58. The Balaban J connectivity index is 2.91. The second kappa shape index (κ2) is 7.25. The Kier molecular flexibility index (Phi) is 5.97. The van der Waals surface area contributed by atoms with Crippen LogP contribution in [-0.2, 0) is 14.8 Å². The summed E-state index contributed by atoms with van der Waals surface area (Å²) in [5.41, 5.74) is 0.407. The van der Waals surface area contributed by atoms with E-state index in [-0.39, 0.29) is 11.4 Å². The summed E-state index contributed by atoms with van der Waals surface area (Å²) in [6.45, 7) is 3.96. The van der Waals surface area contributed by atoms with E-state index in [0.717, 1.165) is 0 Å². The molecule has 0 fully saturated rings. The van der Waals surface area contributed by atoms with Gasteiger partial charge in [-0.05, 0) is 18.6 Å². The summed E-state index contributed by atoms with van der Waals surface area (Å²) in [6.07, 6.45) is 0.699. The molecule has 20 heavy (non-hydrogen) atoms. The molecular formula is C13H20N2O4S. The van der Waals surface area contributed by atoms with Gasteiger partial charge in [0, 0.05) is 13.1 Å². The van der Waals surface area contributed by atoms with Gasteiger partial charge in [0.05, 0.1) is 11.6 Å². The van der Waals surface area contributed by atoms with Crippen molar-refractivity contribution in [2.24, 2.45) is 5.92 Å². The van der Waals surface area contributed by atoms with Crippen molar-refractivity contribution in [3.63, 3.8) is 0 Å². The van der Waals surface area contributed by atoms with E-state index < -0.39 is 21.9 Å². The number of carbonyl (C=O) groups is 1. The first-order chi connectivity index (χ1) is 9.38. The number of para-hydroxylation sites is 1. The third-order valence-corrected chi connectivity index (χ3v) is 4.26. The SMILES string of the molecule is CCCNS(=O)(=O)c1ccccc1NCC(C)C(=O)O. The van der Waals surface area contributed by atoms with Crippen LogP contribution in [0.4, 0.5) is 5.69 Å². The molecule has 112 valence electrons. The highest BCUT2D eigenvalue weighted by atomic mass is 32.2. The quantitative estimate of drug-likeness (QED) is 0.676. The zero-order chi connectivity index (χ0) is 15.2. The Bertz CT molecular complexity index is 557. The number of benzene rings is 1. The maximum Gasteiger partial charge on any atom is 0.308 e. The first kappa shape index (κ1) is 16.5. The number of rotatable bonds is 8. The third kappa shape index (κ3) is 4.50. The summed E-state index contributed by atoms with van der Waals surface area (Å²) in [4.78, 5) is 10.9. The molecule has 0 amide bonds. The van der Waals surface area contributed by atoms with Crippen LogP contribution in [0.1, 0.15) is 20.3 Å². The van der Waals surface area contributed by atoms with Gasteiger partial charge in [0.2, 0.25) is 10.0 Å². The molecule has 0 aliphatic heterocycles. The lowest BCUT2D eigenvalue weighted by Crippen LogP contribution is -2.26. The van der Waals surface area contributed by atoms with Gasteiger partial charge in [-0.15, -0.1) is 0 Å². The van der Waals surface area contributed by atoms with Crippen molar-refractivity contribution in [2.45, 2.75) is 25.2 Å². The van der Waals surface area contributed by atoms with Crippen LogP contribution in [0.3, 0.4) is 0 Å². The first-order valence-electron chi connectivity index (χ1n) is 6.44. The molecule has 3 N–H and O–H groups in total. The van der Waals surface area contributed by atoms with Crippen molar-refractivity contribution in [3.8, 4) is 0 Å². The van der Waals surface area contributed by atoms with Gasteiger partial charge < -0.3 is 10.4 Å². The monoisotopic (exact) mass is 300 g/mol. The van der Waals surface area contributed by atoms with Crippen LogP contribution in [0, 0.1) is 5.92 Å². The van der Waals surface area contributed by atoms with E-state index in [1.54, 1.807) is 25.1 Å². The van der Waals surface area contributed by atoms with Gasteiger partial charge in [-0.3, -0.25) is 4.79 Å². The number of hydrogen-bond donors (Lipinski definition) is 3. The van der Waals surface area contributed by atoms with Crippen LogP contribution in [0.2, 0.25) is 0 Å².